The Bertz CT molecular complexity index is 850. The number of rotatable bonds is 5. The molecule has 140 valence electrons. The largest absolute Gasteiger partial charge is 0.467 e. The normalized spacial score (nSPS) is 19.8. The molecule has 1 amide bonds. The van der Waals surface area contributed by atoms with Crippen LogP contribution in [0.25, 0.3) is 0 Å². The Hall–Kier alpha value is -2.19. The summed E-state index contributed by atoms with van der Waals surface area (Å²) in [5, 5.41) is 2.87. The number of nitrogens with one attached hydrogen (secondary N) is 1. The van der Waals surface area contributed by atoms with Crippen molar-refractivity contribution >= 4 is 15.9 Å². The van der Waals surface area contributed by atoms with Gasteiger partial charge in [-0.3, -0.25) is 4.79 Å². The van der Waals surface area contributed by atoms with Gasteiger partial charge in [-0.05, 0) is 56.2 Å². The first-order valence-corrected chi connectivity index (χ1v) is 9.91. The summed E-state index contributed by atoms with van der Waals surface area (Å²) in [5.74, 6) is -0.485. The molecule has 1 aromatic carbocycles. The van der Waals surface area contributed by atoms with Crippen LogP contribution in [0, 0.1) is 11.7 Å². The number of halogens is 1. The van der Waals surface area contributed by atoms with E-state index in [1.165, 1.54) is 22.7 Å². The Morgan fingerprint density at radius 3 is 2.69 bits per heavy atom. The third-order valence-electron chi connectivity index (χ3n) is 4.54. The summed E-state index contributed by atoms with van der Waals surface area (Å²) in [5.41, 5.74) is 0. The van der Waals surface area contributed by atoms with Crippen molar-refractivity contribution in [3.05, 3.63) is 54.2 Å². The summed E-state index contributed by atoms with van der Waals surface area (Å²) in [6.07, 6.45) is 2.75. The molecule has 0 saturated carbocycles. The van der Waals surface area contributed by atoms with Crippen LogP contribution < -0.4 is 5.32 Å². The van der Waals surface area contributed by atoms with Gasteiger partial charge >= 0.3 is 0 Å². The van der Waals surface area contributed by atoms with Crippen LogP contribution in [0.15, 0.2) is 52.0 Å². The molecule has 0 radical (unpaired) electrons. The molecule has 2 aromatic rings. The predicted molar refractivity (Wildman–Crippen MR) is 93.1 cm³/mol. The molecule has 2 heterocycles. The fraction of sp³-hybridized carbons (Fsp3) is 0.389. The Labute approximate surface area is 152 Å². The maximum atomic E-state index is 13.1. The van der Waals surface area contributed by atoms with E-state index in [1.807, 2.05) is 6.92 Å². The van der Waals surface area contributed by atoms with Gasteiger partial charge in [0.2, 0.25) is 15.9 Å². The van der Waals surface area contributed by atoms with Gasteiger partial charge in [-0.1, -0.05) is 0 Å². The average molecular weight is 380 g/mol. The number of furan rings is 1. The fourth-order valence-corrected chi connectivity index (χ4v) is 4.59. The van der Waals surface area contributed by atoms with Crippen LogP contribution in [-0.4, -0.2) is 31.7 Å². The molecule has 1 aliphatic heterocycles. The summed E-state index contributed by atoms with van der Waals surface area (Å²) < 4.78 is 45.1. The second kappa shape index (κ2) is 7.59. The van der Waals surface area contributed by atoms with Gasteiger partial charge in [-0.2, -0.15) is 4.31 Å². The molecule has 0 unspecified atom stereocenters. The first-order valence-electron chi connectivity index (χ1n) is 8.47. The number of carbonyl (C=O) groups excluding carboxylic acids is 1. The molecule has 1 aliphatic rings. The molecule has 8 heteroatoms. The van der Waals surface area contributed by atoms with Gasteiger partial charge in [0.25, 0.3) is 0 Å². The van der Waals surface area contributed by atoms with Crippen LogP contribution in [0.2, 0.25) is 0 Å². The summed E-state index contributed by atoms with van der Waals surface area (Å²) >= 11 is 0. The van der Waals surface area contributed by atoms with E-state index in [0.717, 1.165) is 12.1 Å². The lowest BCUT2D eigenvalue weighted by atomic mass is 9.98. The van der Waals surface area contributed by atoms with Crippen LogP contribution in [-0.2, 0) is 14.8 Å². The number of hydrogen-bond acceptors (Lipinski definition) is 4. The standard InChI is InChI=1S/C18H21FN2O4S/c1-13(17-5-3-11-25-17)20-18(22)14-4-2-10-21(12-14)26(23,24)16-8-6-15(19)7-9-16/h3,5-9,11,13-14H,2,4,10,12H2,1H3,(H,20,22)/t13-,14-/m0/s1. The molecule has 1 aromatic heterocycles. The van der Waals surface area contributed by atoms with Gasteiger partial charge in [0.05, 0.1) is 23.1 Å². The lowest BCUT2D eigenvalue weighted by Gasteiger charge is -2.31. The van der Waals surface area contributed by atoms with Crippen LogP contribution in [0.5, 0.6) is 0 Å². The molecule has 0 spiro atoms. The average Bonchev–Trinajstić information content (AvgIpc) is 3.17. The SMILES string of the molecule is C[C@H](NC(=O)[C@H]1CCCN(S(=O)(=O)c2ccc(F)cc2)C1)c1ccco1. The Morgan fingerprint density at radius 2 is 2.04 bits per heavy atom. The molecular formula is C18H21FN2O4S. The number of nitrogens with zero attached hydrogens (tertiary/aromatic N) is 1. The molecular weight excluding hydrogens is 359 g/mol. The van der Waals surface area contributed by atoms with Crippen molar-refractivity contribution in [1.82, 2.24) is 9.62 Å². The molecule has 2 atom stereocenters. The van der Waals surface area contributed by atoms with E-state index >= 15 is 0 Å². The first kappa shape index (κ1) is 18.6. The maximum Gasteiger partial charge on any atom is 0.243 e. The predicted octanol–water partition coefficient (Wildman–Crippen LogP) is 2.70. The minimum atomic E-state index is -3.75. The maximum absolute atomic E-state index is 13.1. The molecule has 0 bridgehead atoms. The highest BCUT2D eigenvalue weighted by molar-refractivity contribution is 7.89. The minimum absolute atomic E-state index is 0.0314. The highest BCUT2D eigenvalue weighted by atomic mass is 32.2. The molecule has 1 N–H and O–H groups in total. The Balaban J connectivity index is 1.68. The van der Waals surface area contributed by atoms with Crippen molar-refractivity contribution in [2.24, 2.45) is 5.92 Å². The van der Waals surface area contributed by atoms with Crippen LogP contribution in [0.3, 0.4) is 0 Å². The molecule has 0 aliphatic carbocycles. The lowest BCUT2D eigenvalue weighted by Crippen LogP contribution is -2.45. The molecule has 1 fully saturated rings. The van der Waals surface area contributed by atoms with Crippen molar-refractivity contribution in [3.8, 4) is 0 Å². The number of hydrogen-bond donors (Lipinski definition) is 1. The molecule has 1 saturated heterocycles. The quantitative estimate of drug-likeness (QED) is 0.865. The molecule has 3 rings (SSSR count). The van der Waals surface area contributed by atoms with Gasteiger partial charge in [0, 0.05) is 13.1 Å². The van der Waals surface area contributed by atoms with E-state index in [1.54, 1.807) is 12.1 Å². The van der Waals surface area contributed by atoms with E-state index in [-0.39, 0.29) is 23.4 Å². The second-order valence-corrected chi connectivity index (χ2v) is 8.34. The van der Waals surface area contributed by atoms with E-state index < -0.39 is 21.8 Å². The van der Waals surface area contributed by atoms with Gasteiger partial charge in [0.1, 0.15) is 11.6 Å². The number of piperidine rings is 1. The van der Waals surface area contributed by atoms with E-state index in [2.05, 4.69) is 5.32 Å². The van der Waals surface area contributed by atoms with Gasteiger partial charge in [0.15, 0.2) is 0 Å². The highest BCUT2D eigenvalue weighted by Gasteiger charge is 2.33. The monoisotopic (exact) mass is 380 g/mol. The molecule has 6 nitrogen and oxygen atoms in total. The van der Waals surface area contributed by atoms with E-state index in [9.17, 15) is 17.6 Å². The smallest absolute Gasteiger partial charge is 0.243 e. The zero-order valence-electron chi connectivity index (χ0n) is 14.4. The summed E-state index contributed by atoms with van der Waals surface area (Å²) in [7, 11) is -3.75. The Morgan fingerprint density at radius 1 is 1.31 bits per heavy atom. The van der Waals surface area contributed by atoms with Crippen LogP contribution >= 0.6 is 0 Å². The van der Waals surface area contributed by atoms with Gasteiger partial charge in [-0.25, -0.2) is 12.8 Å². The van der Waals surface area contributed by atoms with Gasteiger partial charge in [-0.15, -0.1) is 0 Å². The van der Waals surface area contributed by atoms with Crippen molar-refractivity contribution in [2.45, 2.75) is 30.7 Å². The zero-order chi connectivity index (χ0) is 18.7. The van der Waals surface area contributed by atoms with E-state index in [0.29, 0.717) is 25.1 Å². The number of sulfonamides is 1. The van der Waals surface area contributed by atoms with Crippen molar-refractivity contribution in [3.63, 3.8) is 0 Å². The van der Waals surface area contributed by atoms with Crippen molar-refractivity contribution < 1.29 is 22.0 Å². The lowest BCUT2D eigenvalue weighted by molar-refractivity contribution is -0.126. The summed E-state index contributed by atoms with van der Waals surface area (Å²) in [6.45, 7) is 2.26. The summed E-state index contributed by atoms with van der Waals surface area (Å²) in [4.78, 5) is 12.6. The third kappa shape index (κ3) is 3.96. The number of carbonyl (C=O) groups is 1. The third-order valence-corrected chi connectivity index (χ3v) is 6.41. The molecule has 26 heavy (non-hydrogen) atoms. The minimum Gasteiger partial charge on any atom is -0.467 e. The van der Waals surface area contributed by atoms with Crippen molar-refractivity contribution in [1.29, 1.82) is 0 Å². The highest BCUT2D eigenvalue weighted by Crippen LogP contribution is 2.25. The number of amides is 1. The first-order chi connectivity index (χ1) is 12.4. The Kier molecular flexibility index (Phi) is 5.43. The second-order valence-electron chi connectivity index (χ2n) is 6.40. The van der Waals surface area contributed by atoms with Crippen LogP contribution in [0.4, 0.5) is 4.39 Å². The van der Waals surface area contributed by atoms with E-state index in [4.69, 9.17) is 4.42 Å². The number of benzene rings is 1. The zero-order valence-corrected chi connectivity index (χ0v) is 15.2. The summed E-state index contributed by atoms with van der Waals surface area (Å²) in [6, 6.07) is 7.95. The van der Waals surface area contributed by atoms with Crippen molar-refractivity contribution in [2.75, 3.05) is 13.1 Å². The van der Waals surface area contributed by atoms with Gasteiger partial charge < -0.3 is 9.73 Å². The topological polar surface area (TPSA) is 79.6 Å². The van der Waals surface area contributed by atoms with Crippen LogP contribution in [0.1, 0.15) is 31.6 Å². The fourth-order valence-electron chi connectivity index (χ4n) is 3.07.